The summed E-state index contributed by atoms with van der Waals surface area (Å²) in [5.74, 6) is 2.25. The standard InChI is InChI=1S/C17H18N4OS/c1-17(2,3)13-11-19-15(22-13)8-7-12-10-20-16(23-12)21-14-6-4-5-9-18-14/h4-11H,1-3H3,(H,18,20,21). The second-order valence-electron chi connectivity index (χ2n) is 6.05. The quantitative estimate of drug-likeness (QED) is 0.750. The number of oxazole rings is 1. The average molecular weight is 326 g/mol. The van der Waals surface area contributed by atoms with E-state index in [1.165, 1.54) is 0 Å². The van der Waals surface area contributed by atoms with Crippen molar-refractivity contribution in [3.63, 3.8) is 0 Å². The molecule has 0 unspecified atom stereocenters. The Bertz CT molecular complexity index is 799. The monoisotopic (exact) mass is 326 g/mol. The Morgan fingerprint density at radius 1 is 1.09 bits per heavy atom. The summed E-state index contributed by atoms with van der Waals surface area (Å²) in [4.78, 5) is 13.8. The molecule has 0 aliphatic carbocycles. The number of nitrogens with one attached hydrogen (secondary N) is 1. The SMILES string of the molecule is CC(C)(C)c1cnc(C=Cc2cnc(Nc3ccccn3)s2)o1. The van der Waals surface area contributed by atoms with E-state index in [9.17, 15) is 0 Å². The highest BCUT2D eigenvalue weighted by Gasteiger charge is 2.18. The summed E-state index contributed by atoms with van der Waals surface area (Å²) in [5.41, 5.74) is -0.0383. The third-order valence-electron chi connectivity index (χ3n) is 3.08. The van der Waals surface area contributed by atoms with Gasteiger partial charge in [-0.05, 0) is 18.2 Å². The number of hydrogen-bond donors (Lipinski definition) is 1. The highest BCUT2D eigenvalue weighted by atomic mass is 32.1. The van der Waals surface area contributed by atoms with Crippen LogP contribution < -0.4 is 5.32 Å². The summed E-state index contributed by atoms with van der Waals surface area (Å²) in [5, 5.41) is 3.97. The van der Waals surface area contributed by atoms with E-state index in [0.29, 0.717) is 5.89 Å². The summed E-state index contributed by atoms with van der Waals surface area (Å²) < 4.78 is 5.73. The van der Waals surface area contributed by atoms with Crippen molar-refractivity contribution in [1.82, 2.24) is 15.0 Å². The topological polar surface area (TPSA) is 63.8 Å². The van der Waals surface area contributed by atoms with E-state index in [4.69, 9.17) is 4.42 Å². The first-order valence-electron chi connectivity index (χ1n) is 7.29. The van der Waals surface area contributed by atoms with Crippen LogP contribution in [0, 0.1) is 0 Å². The largest absolute Gasteiger partial charge is 0.441 e. The number of anilines is 2. The van der Waals surface area contributed by atoms with E-state index in [0.717, 1.165) is 21.6 Å². The van der Waals surface area contributed by atoms with Gasteiger partial charge in [0.1, 0.15) is 11.6 Å². The van der Waals surface area contributed by atoms with E-state index in [-0.39, 0.29) is 5.41 Å². The van der Waals surface area contributed by atoms with Crippen molar-refractivity contribution >= 4 is 34.4 Å². The lowest BCUT2D eigenvalue weighted by Crippen LogP contribution is -2.09. The molecule has 0 spiro atoms. The number of rotatable bonds is 4. The van der Waals surface area contributed by atoms with Gasteiger partial charge in [0.2, 0.25) is 5.89 Å². The van der Waals surface area contributed by atoms with Gasteiger partial charge in [0.25, 0.3) is 0 Å². The molecule has 5 nitrogen and oxygen atoms in total. The summed E-state index contributed by atoms with van der Waals surface area (Å²) in [6.07, 6.45) is 9.12. The van der Waals surface area contributed by atoms with Crippen LogP contribution in [-0.4, -0.2) is 15.0 Å². The Balaban J connectivity index is 1.68. The maximum Gasteiger partial charge on any atom is 0.218 e. The van der Waals surface area contributed by atoms with Gasteiger partial charge in [0.05, 0.1) is 6.20 Å². The molecule has 0 saturated carbocycles. The first-order valence-corrected chi connectivity index (χ1v) is 8.11. The van der Waals surface area contributed by atoms with E-state index in [1.54, 1.807) is 29.9 Å². The fourth-order valence-electron chi connectivity index (χ4n) is 1.83. The van der Waals surface area contributed by atoms with E-state index < -0.39 is 0 Å². The molecule has 3 aromatic heterocycles. The summed E-state index contributed by atoms with van der Waals surface area (Å²) in [6, 6.07) is 5.71. The fraction of sp³-hybridized carbons (Fsp3) is 0.235. The number of aromatic nitrogens is 3. The minimum Gasteiger partial charge on any atom is -0.441 e. The molecule has 0 bridgehead atoms. The predicted molar refractivity (Wildman–Crippen MR) is 93.8 cm³/mol. The summed E-state index contributed by atoms with van der Waals surface area (Å²) in [7, 11) is 0. The molecule has 6 heteroatoms. The molecule has 0 aliphatic rings. The Morgan fingerprint density at radius 2 is 1.96 bits per heavy atom. The normalized spacial score (nSPS) is 12.0. The molecule has 0 atom stereocenters. The van der Waals surface area contributed by atoms with Gasteiger partial charge in [0, 0.05) is 28.8 Å². The third-order valence-corrected chi connectivity index (χ3v) is 3.95. The van der Waals surface area contributed by atoms with Gasteiger partial charge in [-0.25, -0.2) is 15.0 Å². The zero-order valence-electron chi connectivity index (χ0n) is 13.3. The van der Waals surface area contributed by atoms with E-state index in [2.05, 4.69) is 41.0 Å². The molecule has 1 N–H and O–H groups in total. The van der Waals surface area contributed by atoms with Gasteiger partial charge in [0.15, 0.2) is 5.13 Å². The zero-order valence-corrected chi connectivity index (χ0v) is 14.1. The molecular formula is C17H18N4OS. The maximum atomic E-state index is 5.73. The lowest BCUT2D eigenvalue weighted by Gasteiger charge is -2.12. The first kappa shape index (κ1) is 15.4. The summed E-state index contributed by atoms with van der Waals surface area (Å²) in [6.45, 7) is 6.29. The van der Waals surface area contributed by atoms with Crippen LogP contribution in [0.15, 0.2) is 41.2 Å². The predicted octanol–water partition coefficient (Wildman–Crippen LogP) is 4.74. The van der Waals surface area contributed by atoms with E-state index in [1.807, 2.05) is 30.4 Å². The smallest absolute Gasteiger partial charge is 0.218 e. The highest BCUT2D eigenvalue weighted by Crippen LogP contribution is 2.25. The minimum absolute atomic E-state index is 0.0383. The number of thiazole rings is 1. The number of hydrogen-bond acceptors (Lipinski definition) is 6. The fourth-order valence-corrected chi connectivity index (χ4v) is 2.56. The van der Waals surface area contributed by atoms with Gasteiger partial charge in [-0.3, -0.25) is 0 Å². The van der Waals surface area contributed by atoms with Crippen molar-refractivity contribution in [2.24, 2.45) is 0 Å². The lowest BCUT2D eigenvalue weighted by atomic mass is 9.94. The van der Waals surface area contributed by atoms with Crippen LogP contribution in [0.5, 0.6) is 0 Å². The van der Waals surface area contributed by atoms with Gasteiger partial charge >= 0.3 is 0 Å². The Morgan fingerprint density at radius 3 is 2.65 bits per heavy atom. The molecule has 0 saturated heterocycles. The van der Waals surface area contributed by atoms with Crippen LogP contribution in [0.25, 0.3) is 12.2 Å². The third kappa shape index (κ3) is 4.04. The second kappa shape index (κ2) is 6.34. The lowest BCUT2D eigenvalue weighted by molar-refractivity contribution is 0.403. The molecule has 3 aromatic rings. The molecule has 118 valence electrons. The van der Waals surface area contributed by atoms with Crippen molar-refractivity contribution in [1.29, 1.82) is 0 Å². The van der Waals surface area contributed by atoms with Crippen molar-refractivity contribution in [2.45, 2.75) is 26.2 Å². The van der Waals surface area contributed by atoms with Crippen molar-refractivity contribution < 1.29 is 4.42 Å². The molecule has 3 rings (SSSR count). The first-order chi connectivity index (χ1) is 11.0. The maximum absolute atomic E-state index is 5.73. The molecule has 0 radical (unpaired) electrons. The van der Waals surface area contributed by atoms with Crippen LogP contribution in [0.4, 0.5) is 10.9 Å². The van der Waals surface area contributed by atoms with Gasteiger partial charge in [-0.1, -0.05) is 38.2 Å². The average Bonchev–Trinajstić information content (AvgIpc) is 3.15. The molecule has 0 aliphatic heterocycles. The number of pyridine rings is 1. The summed E-state index contributed by atoms with van der Waals surface area (Å²) >= 11 is 1.54. The van der Waals surface area contributed by atoms with Crippen LogP contribution in [0.3, 0.4) is 0 Å². The molecular weight excluding hydrogens is 308 g/mol. The van der Waals surface area contributed by atoms with Crippen LogP contribution >= 0.6 is 11.3 Å². The Labute approximate surface area is 139 Å². The van der Waals surface area contributed by atoms with Crippen LogP contribution in [0.2, 0.25) is 0 Å². The molecule has 3 heterocycles. The minimum atomic E-state index is -0.0383. The molecule has 0 fully saturated rings. The van der Waals surface area contributed by atoms with Crippen molar-refractivity contribution in [2.75, 3.05) is 5.32 Å². The Hall–Kier alpha value is -2.47. The van der Waals surface area contributed by atoms with Crippen molar-refractivity contribution in [3.8, 4) is 0 Å². The highest BCUT2D eigenvalue weighted by molar-refractivity contribution is 7.16. The zero-order chi connectivity index (χ0) is 16.3. The van der Waals surface area contributed by atoms with Gasteiger partial charge < -0.3 is 9.73 Å². The molecule has 23 heavy (non-hydrogen) atoms. The number of nitrogens with zero attached hydrogens (tertiary/aromatic N) is 3. The van der Waals surface area contributed by atoms with Crippen LogP contribution in [-0.2, 0) is 5.41 Å². The van der Waals surface area contributed by atoms with Crippen LogP contribution in [0.1, 0.15) is 37.3 Å². The van der Waals surface area contributed by atoms with Gasteiger partial charge in [-0.2, -0.15) is 0 Å². The molecule has 0 amide bonds. The van der Waals surface area contributed by atoms with Crippen molar-refractivity contribution in [3.05, 3.63) is 53.3 Å². The Kier molecular flexibility index (Phi) is 4.25. The second-order valence-corrected chi connectivity index (χ2v) is 7.12. The van der Waals surface area contributed by atoms with E-state index >= 15 is 0 Å². The van der Waals surface area contributed by atoms with Gasteiger partial charge in [-0.15, -0.1) is 0 Å². The molecule has 0 aromatic carbocycles.